The Balaban J connectivity index is 1.49. The van der Waals surface area contributed by atoms with Gasteiger partial charge in [-0.15, -0.1) is 0 Å². The smallest absolute Gasteiger partial charge is 0.269 e. The maximum atomic E-state index is 12.4. The fourth-order valence-corrected chi connectivity index (χ4v) is 3.55. The number of nitrogens with one attached hydrogen (secondary N) is 2. The summed E-state index contributed by atoms with van der Waals surface area (Å²) in [5.74, 6) is -0.571. The summed E-state index contributed by atoms with van der Waals surface area (Å²) < 4.78 is 5.57. The highest BCUT2D eigenvalue weighted by atomic mass is 32.2. The molecule has 1 aromatic heterocycles. The summed E-state index contributed by atoms with van der Waals surface area (Å²) in [7, 11) is 0. The molecule has 0 spiro atoms. The normalized spacial score (nSPS) is 15.3. The van der Waals surface area contributed by atoms with Crippen LogP contribution in [0.15, 0.2) is 58.1 Å². The van der Waals surface area contributed by atoms with E-state index in [1.54, 1.807) is 48.5 Å². The second-order valence-corrected chi connectivity index (χ2v) is 7.14. The summed E-state index contributed by atoms with van der Waals surface area (Å²) in [4.78, 5) is 38.0. The molecule has 9 heteroatoms. The maximum Gasteiger partial charge on any atom is 0.269 e. The first-order valence-corrected chi connectivity index (χ1v) is 9.20. The van der Waals surface area contributed by atoms with Crippen molar-refractivity contribution in [3.63, 3.8) is 0 Å². The first-order chi connectivity index (χ1) is 13.0. The van der Waals surface area contributed by atoms with Crippen LogP contribution < -0.4 is 10.9 Å². The number of hydrazine groups is 1. The molecule has 3 rings (SSSR count). The van der Waals surface area contributed by atoms with Crippen LogP contribution in [0, 0.1) is 0 Å². The predicted octanol–water partition coefficient (Wildman–Crippen LogP) is 2.33. The highest BCUT2D eigenvalue weighted by molar-refractivity contribution is 8.26. The molecular formula is C18H15N3O4S2. The molecule has 1 aromatic carbocycles. The Kier molecular flexibility index (Phi) is 6.05. The molecule has 2 N–H and O–H groups in total. The van der Waals surface area contributed by atoms with E-state index >= 15 is 0 Å². The van der Waals surface area contributed by atoms with Crippen LogP contribution in [0.1, 0.15) is 22.5 Å². The molecule has 0 saturated carbocycles. The van der Waals surface area contributed by atoms with Gasteiger partial charge in [-0.1, -0.05) is 42.2 Å². The lowest BCUT2D eigenvalue weighted by Gasteiger charge is -2.14. The van der Waals surface area contributed by atoms with E-state index in [4.69, 9.17) is 16.6 Å². The number of thiocarbonyl (C=S) groups is 1. The van der Waals surface area contributed by atoms with Crippen LogP contribution in [0.4, 0.5) is 0 Å². The Labute approximate surface area is 164 Å². The molecule has 2 aromatic rings. The van der Waals surface area contributed by atoms with Gasteiger partial charge < -0.3 is 4.42 Å². The average molecular weight is 401 g/mol. The number of carbonyl (C=O) groups is 3. The lowest BCUT2D eigenvalue weighted by atomic mass is 10.2. The molecule has 0 radical (unpaired) electrons. The van der Waals surface area contributed by atoms with Gasteiger partial charge in [-0.3, -0.25) is 30.1 Å². The zero-order chi connectivity index (χ0) is 19.2. The first kappa shape index (κ1) is 18.9. The van der Waals surface area contributed by atoms with E-state index in [9.17, 15) is 14.4 Å². The SMILES string of the molecule is O=C(CCN1C(=O)/C(=C\c2ccco2)SC1=S)NNC(=O)c1ccccc1. The summed E-state index contributed by atoms with van der Waals surface area (Å²) in [5.41, 5.74) is 5.09. The van der Waals surface area contributed by atoms with E-state index in [0.717, 1.165) is 11.8 Å². The third-order valence-electron chi connectivity index (χ3n) is 3.60. The monoisotopic (exact) mass is 401 g/mol. The van der Waals surface area contributed by atoms with Gasteiger partial charge in [0.2, 0.25) is 5.91 Å². The molecule has 138 valence electrons. The van der Waals surface area contributed by atoms with Crippen molar-refractivity contribution in [2.45, 2.75) is 6.42 Å². The summed E-state index contributed by atoms with van der Waals surface area (Å²) in [6, 6.07) is 12.0. The van der Waals surface area contributed by atoms with Crippen LogP contribution in [0.25, 0.3) is 6.08 Å². The van der Waals surface area contributed by atoms with Gasteiger partial charge in [0.1, 0.15) is 10.1 Å². The Morgan fingerprint density at radius 1 is 1.15 bits per heavy atom. The van der Waals surface area contributed by atoms with Crippen molar-refractivity contribution in [3.8, 4) is 0 Å². The maximum absolute atomic E-state index is 12.4. The summed E-state index contributed by atoms with van der Waals surface area (Å²) in [6.07, 6.45) is 3.12. The Morgan fingerprint density at radius 3 is 2.63 bits per heavy atom. The zero-order valence-electron chi connectivity index (χ0n) is 14.0. The van der Waals surface area contributed by atoms with Crippen molar-refractivity contribution in [1.29, 1.82) is 0 Å². The Hall–Kier alpha value is -2.91. The number of hydrogen-bond acceptors (Lipinski definition) is 6. The summed E-state index contributed by atoms with van der Waals surface area (Å²) in [6.45, 7) is 0.118. The summed E-state index contributed by atoms with van der Waals surface area (Å²) in [5, 5.41) is 0. The van der Waals surface area contributed by atoms with E-state index in [1.165, 1.54) is 11.2 Å². The molecule has 1 fully saturated rings. The number of benzene rings is 1. The minimum absolute atomic E-state index is 0.00442. The van der Waals surface area contributed by atoms with Gasteiger partial charge in [0.15, 0.2) is 0 Å². The number of carbonyl (C=O) groups excluding carboxylic acids is 3. The molecule has 0 unspecified atom stereocenters. The number of nitrogens with zero attached hydrogens (tertiary/aromatic N) is 1. The van der Waals surface area contributed by atoms with Crippen molar-refractivity contribution in [2.24, 2.45) is 0 Å². The third-order valence-corrected chi connectivity index (χ3v) is 4.98. The van der Waals surface area contributed by atoms with Gasteiger partial charge in [-0.2, -0.15) is 0 Å². The van der Waals surface area contributed by atoms with Crippen molar-refractivity contribution in [3.05, 3.63) is 65.0 Å². The second-order valence-electron chi connectivity index (χ2n) is 5.47. The number of furan rings is 1. The van der Waals surface area contributed by atoms with Gasteiger partial charge in [-0.05, 0) is 24.3 Å². The van der Waals surface area contributed by atoms with Crippen molar-refractivity contribution < 1.29 is 18.8 Å². The lowest BCUT2D eigenvalue weighted by Crippen LogP contribution is -2.43. The van der Waals surface area contributed by atoms with Gasteiger partial charge in [0.25, 0.3) is 11.8 Å². The molecule has 0 atom stereocenters. The third kappa shape index (κ3) is 4.83. The summed E-state index contributed by atoms with van der Waals surface area (Å²) >= 11 is 6.36. The molecule has 0 bridgehead atoms. The lowest BCUT2D eigenvalue weighted by molar-refractivity contribution is -0.124. The fraction of sp³-hybridized carbons (Fsp3) is 0.111. The average Bonchev–Trinajstić information content (AvgIpc) is 3.28. The van der Waals surface area contributed by atoms with Gasteiger partial charge >= 0.3 is 0 Å². The Morgan fingerprint density at radius 2 is 1.93 bits per heavy atom. The van der Waals surface area contributed by atoms with E-state index in [-0.39, 0.29) is 18.9 Å². The van der Waals surface area contributed by atoms with Gasteiger partial charge in [0.05, 0.1) is 11.2 Å². The van der Waals surface area contributed by atoms with E-state index in [1.807, 2.05) is 0 Å². The quantitative estimate of drug-likeness (QED) is 0.454. The van der Waals surface area contributed by atoms with Crippen molar-refractivity contribution in [1.82, 2.24) is 15.8 Å². The van der Waals surface area contributed by atoms with Crippen LogP contribution in [-0.4, -0.2) is 33.5 Å². The van der Waals surface area contributed by atoms with Crippen LogP contribution in [0.5, 0.6) is 0 Å². The van der Waals surface area contributed by atoms with Crippen LogP contribution in [-0.2, 0) is 9.59 Å². The standard InChI is InChI=1S/C18H15N3O4S2/c22-15(19-20-16(23)12-5-2-1-3-6-12)8-9-21-17(24)14(27-18(21)26)11-13-7-4-10-25-13/h1-7,10-11H,8-9H2,(H,19,22)(H,20,23)/b14-11+. The number of thioether (sulfide) groups is 1. The second kappa shape index (κ2) is 8.65. The molecule has 1 aliphatic rings. The van der Waals surface area contributed by atoms with E-state index < -0.39 is 11.8 Å². The molecule has 0 aliphatic carbocycles. The molecule has 7 nitrogen and oxygen atoms in total. The number of hydrogen-bond donors (Lipinski definition) is 2. The predicted molar refractivity (Wildman–Crippen MR) is 105 cm³/mol. The number of rotatable bonds is 5. The topological polar surface area (TPSA) is 91.7 Å². The highest BCUT2D eigenvalue weighted by Gasteiger charge is 2.32. The fourth-order valence-electron chi connectivity index (χ4n) is 2.26. The van der Waals surface area contributed by atoms with Gasteiger partial charge in [-0.25, -0.2) is 0 Å². The van der Waals surface area contributed by atoms with Crippen LogP contribution >= 0.6 is 24.0 Å². The number of amides is 3. The molecule has 2 heterocycles. The van der Waals surface area contributed by atoms with Crippen molar-refractivity contribution in [2.75, 3.05) is 6.54 Å². The van der Waals surface area contributed by atoms with E-state index in [2.05, 4.69) is 10.9 Å². The first-order valence-electron chi connectivity index (χ1n) is 7.97. The largest absolute Gasteiger partial charge is 0.465 e. The highest BCUT2D eigenvalue weighted by Crippen LogP contribution is 2.32. The molecule has 27 heavy (non-hydrogen) atoms. The molecular weight excluding hydrogens is 386 g/mol. The van der Waals surface area contributed by atoms with Crippen LogP contribution in [0.3, 0.4) is 0 Å². The van der Waals surface area contributed by atoms with Gasteiger partial charge in [0, 0.05) is 24.6 Å². The molecule has 3 amide bonds. The molecule has 1 aliphatic heterocycles. The van der Waals surface area contributed by atoms with Crippen molar-refractivity contribution >= 4 is 52.1 Å². The van der Waals surface area contributed by atoms with Crippen LogP contribution in [0.2, 0.25) is 0 Å². The minimum Gasteiger partial charge on any atom is -0.465 e. The molecule has 1 saturated heterocycles. The van der Waals surface area contributed by atoms with E-state index in [0.29, 0.717) is 20.5 Å². The Bertz CT molecular complexity index is 895. The minimum atomic E-state index is -0.427. The zero-order valence-corrected chi connectivity index (χ0v) is 15.6.